The Kier molecular flexibility index (Phi) is 4.44. The zero-order chi connectivity index (χ0) is 19.1. The van der Waals surface area contributed by atoms with Crippen molar-refractivity contribution >= 4 is 28.6 Å². The van der Waals surface area contributed by atoms with Crippen LogP contribution < -0.4 is 10.9 Å². The van der Waals surface area contributed by atoms with Crippen molar-refractivity contribution in [2.24, 2.45) is 0 Å². The number of rotatable bonds is 3. The second kappa shape index (κ2) is 7.10. The first kappa shape index (κ1) is 17.5. The Morgan fingerprint density at radius 3 is 3.14 bits per heavy atom. The van der Waals surface area contributed by atoms with Crippen LogP contribution in [-0.2, 0) is 16.9 Å². The molecule has 144 valence electrons. The van der Waals surface area contributed by atoms with E-state index in [1.165, 1.54) is 4.68 Å². The van der Waals surface area contributed by atoms with Crippen LogP contribution in [0.15, 0.2) is 41.3 Å². The Bertz CT molecular complexity index is 1110. The number of H-pyrrole nitrogens is 1. The van der Waals surface area contributed by atoms with E-state index in [4.69, 9.17) is 4.74 Å². The fraction of sp³-hybridized carbons (Fsp3) is 0.350. The summed E-state index contributed by atoms with van der Waals surface area (Å²) in [5, 5.41) is 8.70. The fourth-order valence-electron chi connectivity index (χ4n) is 3.83. The molecule has 2 atom stereocenters. The molecule has 0 spiro atoms. The average molecular weight is 396 g/mol. The number of carbonyl (C=O) groups excluding carboxylic acids is 1. The number of benzene rings is 1. The van der Waals surface area contributed by atoms with Gasteiger partial charge < -0.3 is 15.0 Å². The number of fused-ring (bicyclic) bond motifs is 2. The molecule has 0 bridgehead atoms. The summed E-state index contributed by atoms with van der Waals surface area (Å²) in [6, 6.07) is 8.60. The Hall–Kier alpha value is -2.58. The second-order valence-corrected chi connectivity index (χ2v) is 8.27. The van der Waals surface area contributed by atoms with Gasteiger partial charge in [-0.2, -0.15) is 16.9 Å². The molecule has 4 heterocycles. The molecule has 0 aliphatic carbocycles. The van der Waals surface area contributed by atoms with Gasteiger partial charge in [0, 0.05) is 35.5 Å². The van der Waals surface area contributed by atoms with E-state index in [2.05, 4.69) is 15.4 Å². The Morgan fingerprint density at radius 1 is 1.29 bits per heavy atom. The standard InChI is InChI=1S/C20H20N4O3S/c25-19-8-14-11-28-6-4-15(14)23-24(19)18-10-27-9-17(18)22-20(26)13-2-1-12-3-5-21-16(12)7-13/h1-3,5,7-8,17-18,21H,4,6,9-11H2,(H,22,26). The van der Waals surface area contributed by atoms with Crippen molar-refractivity contribution in [3.63, 3.8) is 0 Å². The molecule has 1 amide bonds. The van der Waals surface area contributed by atoms with Gasteiger partial charge in [-0.3, -0.25) is 9.59 Å². The van der Waals surface area contributed by atoms with Gasteiger partial charge in [0.05, 0.1) is 24.9 Å². The van der Waals surface area contributed by atoms with Crippen LogP contribution in [0.25, 0.3) is 10.9 Å². The zero-order valence-electron chi connectivity index (χ0n) is 15.2. The van der Waals surface area contributed by atoms with E-state index in [1.54, 1.807) is 12.1 Å². The molecule has 1 saturated heterocycles. The summed E-state index contributed by atoms with van der Waals surface area (Å²) in [4.78, 5) is 28.5. The highest BCUT2D eigenvalue weighted by Gasteiger charge is 2.33. The highest BCUT2D eigenvalue weighted by molar-refractivity contribution is 7.98. The molecule has 2 N–H and O–H groups in total. The molecule has 2 aliphatic heterocycles. The second-order valence-electron chi connectivity index (χ2n) is 7.17. The number of aryl methyl sites for hydroxylation is 1. The summed E-state index contributed by atoms with van der Waals surface area (Å²) in [5.41, 5.74) is 3.35. The van der Waals surface area contributed by atoms with E-state index in [9.17, 15) is 9.59 Å². The lowest BCUT2D eigenvalue weighted by Crippen LogP contribution is -2.44. The van der Waals surface area contributed by atoms with Crippen LogP contribution in [0, 0.1) is 0 Å². The Morgan fingerprint density at radius 2 is 2.21 bits per heavy atom. The maximum absolute atomic E-state index is 12.8. The molecule has 2 unspecified atom stereocenters. The molecule has 1 fully saturated rings. The summed E-state index contributed by atoms with van der Waals surface area (Å²) >= 11 is 1.82. The van der Waals surface area contributed by atoms with Gasteiger partial charge in [-0.25, -0.2) is 4.68 Å². The van der Waals surface area contributed by atoms with E-state index < -0.39 is 0 Å². The van der Waals surface area contributed by atoms with Crippen molar-refractivity contribution < 1.29 is 9.53 Å². The topological polar surface area (TPSA) is 89.0 Å². The molecule has 8 heteroatoms. The molecule has 0 saturated carbocycles. The largest absolute Gasteiger partial charge is 0.377 e. The maximum atomic E-state index is 12.8. The van der Waals surface area contributed by atoms with E-state index >= 15 is 0 Å². The molecule has 28 heavy (non-hydrogen) atoms. The third-order valence-electron chi connectivity index (χ3n) is 5.36. The first-order chi connectivity index (χ1) is 13.7. The van der Waals surface area contributed by atoms with Gasteiger partial charge in [0.25, 0.3) is 11.5 Å². The monoisotopic (exact) mass is 396 g/mol. The van der Waals surface area contributed by atoms with E-state index in [-0.39, 0.29) is 23.6 Å². The van der Waals surface area contributed by atoms with Crippen LogP contribution in [0.3, 0.4) is 0 Å². The summed E-state index contributed by atoms with van der Waals surface area (Å²) in [7, 11) is 0. The average Bonchev–Trinajstić information content (AvgIpc) is 3.36. The lowest BCUT2D eigenvalue weighted by atomic mass is 10.1. The van der Waals surface area contributed by atoms with Crippen LogP contribution in [0.1, 0.15) is 27.7 Å². The number of thioether (sulfide) groups is 1. The van der Waals surface area contributed by atoms with Gasteiger partial charge in [0.1, 0.15) is 6.04 Å². The number of hydrogen-bond donors (Lipinski definition) is 2. The molecule has 5 rings (SSSR count). The SMILES string of the molecule is O=C(NC1COCC1n1nc2c(cc1=O)CSCC2)c1ccc2cc[nH]c2c1. The van der Waals surface area contributed by atoms with Crippen LogP contribution >= 0.6 is 11.8 Å². The van der Waals surface area contributed by atoms with Gasteiger partial charge >= 0.3 is 0 Å². The number of hydrogen-bond acceptors (Lipinski definition) is 5. The first-order valence-electron chi connectivity index (χ1n) is 9.34. The highest BCUT2D eigenvalue weighted by Crippen LogP contribution is 2.24. The molecule has 7 nitrogen and oxygen atoms in total. The molecule has 1 aromatic carbocycles. The number of aromatic nitrogens is 3. The minimum absolute atomic E-state index is 0.135. The van der Waals surface area contributed by atoms with Gasteiger partial charge in [-0.1, -0.05) is 6.07 Å². The Labute approximate surface area is 165 Å². The van der Waals surface area contributed by atoms with Crippen LogP contribution in [0.4, 0.5) is 0 Å². The third-order valence-corrected chi connectivity index (χ3v) is 6.37. The molecule has 0 radical (unpaired) electrons. The van der Waals surface area contributed by atoms with Crippen molar-refractivity contribution in [2.75, 3.05) is 19.0 Å². The summed E-state index contributed by atoms with van der Waals surface area (Å²) in [6.45, 7) is 0.725. The van der Waals surface area contributed by atoms with Gasteiger partial charge in [0.15, 0.2) is 0 Å². The minimum atomic E-state index is -0.300. The molecular weight excluding hydrogens is 376 g/mol. The quantitative estimate of drug-likeness (QED) is 0.706. The zero-order valence-corrected chi connectivity index (χ0v) is 16.0. The number of aromatic amines is 1. The van der Waals surface area contributed by atoms with E-state index in [1.807, 2.05) is 36.2 Å². The van der Waals surface area contributed by atoms with E-state index in [0.717, 1.165) is 40.1 Å². The number of nitrogens with one attached hydrogen (secondary N) is 2. The fourth-order valence-corrected chi connectivity index (χ4v) is 4.78. The maximum Gasteiger partial charge on any atom is 0.267 e. The first-order valence-corrected chi connectivity index (χ1v) is 10.5. The van der Waals surface area contributed by atoms with Crippen LogP contribution in [0.2, 0.25) is 0 Å². The van der Waals surface area contributed by atoms with Crippen LogP contribution in [0.5, 0.6) is 0 Å². The summed E-state index contributed by atoms with van der Waals surface area (Å²) in [6.07, 6.45) is 2.71. The molecule has 2 aromatic heterocycles. The van der Waals surface area contributed by atoms with E-state index in [0.29, 0.717) is 18.8 Å². The minimum Gasteiger partial charge on any atom is -0.377 e. The van der Waals surface area contributed by atoms with Crippen molar-refractivity contribution in [3.8, 4) is 0 Å². The van der Waals surface area contributed by atoms with Crippen LogP contribution in [-0.4, -0.2) is 45.7 Å². The highest BCUT2D eigenvalue weighted by atomic mass is 32.2. The number of amides is 1. The van der Waals surface area contributed by atoms with Gasteiger partial charge in [-0.05, 0) is 34.9 Å². The lowest BCUT2D eigenvalue weighted by molar-refractivity contribution is 0.0924. The number of carbonyl (C=O) groups is 1. The molecule has 2 aliphatic rings. The lowest BCUT2D eigenvalue weighted by Gasteiger charge is -2.22. The normalized spacial score (nSPS) is 21.6. The molecular formula is C20H20N4O3S. The smallest absolute Gasteiger partial charge is 0.267 e. The van der Waals surface area contributed by atoms with Crippen molar-refractivity contribution in [1.82, 2.24) is 20.1 Å². The Balaban J connectivity index is 1.39. The summed E-state index contributed by atoms with van der Waals surface area (Å²) in [5.74, 6) is 1.67. The van der Waals surface area contributed by atoms with Gasteiger partial charge in [-0.15, -0.1) is 0 Å². The summed E-state index contributed by atoms with van der Waals surface area (Å²) < 4.78 is 7.09. The predicted octanol–water partition coefficient (Wildman–Crippen LogP) is 1.88. The van der Waals surface area contributed by atoms with Crippen molar-refractivity contribution in [3.05, 3.63) is 63.7 Å². The van der Waals surface area contributed by atoms with Crippen molar-refractivity contribution in [2.45, 2.75) is 24.3 Å². The molecule has 3 aromatic rings. The third kappa shape index (κ3) is 3.12. The predicted molar refractivity (Wildman–Crippen MR) is 108 cm³/mol. The van der Waals surface area contributed by atoms with Gasteiger partial charge in [0.2, 0.25) is 0 Å². The van der Waals surface area contributed by atoms with Crippen molar-refractivity contribution in [1.29, 1.82) is 0 Å². The number of ether oxygens (including phenoxy) is 1. The number of nitrogens with zero attached hydrogens (tertiary/aromatic N) is 2.